The molecule has 0 unspecified atom stereocenters. The number of carbonyl (C=O) groups is 1. The van der Waals surface area contributed by atoms with Gasteiger partial charge in [0.1, 0.15) is 5.75 Å². The molecule has 176 valence electrons. The predicted molar refractivity (Wildman–Crippen MR) is 127 cm³/mol. The average molecular weight is 472 g/mol. The molecule has 1 aliphatic heterocycles. The van der Waals surface area contributed by atoms with Gasteiger partial charge in [-0.3, -0.25) is 9.36 Å². The van der Waals surface area contributed by atoms with E-state index in [4.69, 9.17) is 4.74 Å². The molecular weight excluding hydrogens is 442 g/mol. The van der Waals surface area contributed by atoms with Crippen molar-refractivity contribution in [2.24, 2.45) is 5.41 Å². The lowest BCUT2D eigenvalue weighted by atomic mass is 9.86. The van der Waals surface area contributed by atoms with Gasteiger partial charge in [-0.25, -0.2) is 22.8 Å². The van der Waals surface area contributed by atoms with Crippen molar-refractivity contribution in [1.29, 1.82) is 0 Å². The molecule has 33 heavy (non-hydrogen) atoms. The number of ether oxygens (including phenoxy) is 1. The molecule has 0 N–H and O–H groups in total. The highest BCUT2D eigenvalue weighted by Crippen LogP contribution is 2.37. The molecule has 9 heteroatoms. The maximum absolute atomic E-state index is 13.4. The molecule has 0 atom stereocenters. The summed E-state index contributed by atoms with van der Waals surface area (Å²) in [5, 5.41) is 0. The maximum Gasteiger partial charge on any atom is 0.335 e. The van der Waals surface area contributed by atoms with Gasteiger partial charge in [0.2, 0.25) is 0 Å². The van der Waals surface area contributed by atoms with Crippen molar-refractivity contribution >= 4 is 26.8 Å². The number of nitrogens with zero attached hydrogens (tertiary/aromatic N) is 3. The summed E-state index contributed by atoms with van der Waals surface area (Å²) in [6, 6.07) is 8.80. The second-order valence-electron chi connectivity index (χ2n) is 9.76. The number of hydrogen-bond acceptors (Lipinski definition) is 6. The molecule has 3 heterocycles. The minimum absolute atomic E-state index is 0.00631. The number of fused-ring (bicyclic) bond motifs is 1. The molecule has 0 amide bonds. The van der Waals surface area contributed by atoms with Crippen molar-refractivity contribution in [2.75, 3.05) is 11.5 Å². The molecule has 1 saturated heterocycles. The Balaban J connectivity index is 1.78. The van der Waals surface area contributed by atoms with E-state index >= 15 is 0 Å². The Morgan fingerprint density at radius 3 is 2.48 bits per heavy atom. The van der Waals surface area contributed by atoms with Crippen LogP contribution in [0.3, 0.4) is 0 Å². The zero-order valence-corrected chi connectivity index (χ0v) is 20.3. The number of ketones is 1. The van der Waals surface area contributed by atoms with E-state index in [-0.39, 0.29) is 41.5 Å². The number of hydrogen-bond donors (Lipinski definition) is 0. The zero-order chi connectivity index (χ0) is 24.1. The Morgan fingerprint density at radius 2 is 1.88 bits per heavy atom. The summed E-state index contributed by atoms with van der Waals surface area (Å²) in [4.78, 5) is 30.8. The maximum atomic E-state index is 13.4. The SMILES string of the molecule is CC(C)Oc1cccc(-n2c(=O)n(C(C)C)c3cc(C(=O)CC4(C)CS(=O)(=O)C4)cnc32)c1. The third kappa shape index (κ3) is 4.46. The first kappa shape index (κ1) is 23.2. The monoisotopic (exact) mass is 471 g/mol. The number of imidazole rings is 1. The highest BCUT2D eigenvalue weighted by Gasteiger charge is 2.45. The summed E-state index contributed by atoms with van der Waals surface area (Å²) in [6.45, 7) is 9.48. The van der Waals surface area contributed by atoms with Crippen molar-refractivity contribution in [3.63, 3.8) is 0 Å². The van der Waals surface area contributed by atoms with Crippen molar-refractivity contribution in [2.45, 2.75) is 53.2 Å². The van der Waals surface area contributed by atoms with Gasteiger partial charge in [-0.1, -0.05) is 13.0 Å². The van der Waals surface area contributed by atoms with Gasteiger partial charge in [0, 0.05) is 35.7 Å². The lowest BCUT2D eigenvalue weighted by Crippen LogP contribution is -2.47. The number of sulfone groups is 1. The molecular formula is C24H29N3O5S. The number of rotatable bonds is 7. The Bertz CT molecular complexity index is 1390. The molecule has 0 radical (unpaired) electrons. The average Bonchev–Trinajstić information content (AvgIpc) is 2.96. The minimum Gasteiger partial charge on any atom is -0.491 e. The van der Waals surface area contributed by atoms with Crippen LogP contribution in [0.1, 0.15) is 57.4 Å². The topological polar surface area (TPSA) is 100 Å². The fourth-order valence-electron chi connectivity index (χ4n) is 4.56. The molecule has 2 aromatic heterocycles. The molecule has 0 spiro atoms. The number of Topliss-reactive ketones (excluding diaryl/α,β-unsaturated/α-hetero) is 1. The van der Waals surface area contributed by atoms with Gasteiger partial charge in [-0.05, 0) is 45.9 Å². The number of benzene rings is 1. The van der Waals surface area contributed by atoms with Crippen LogP contribution in [0.25, 0.3) is 16.9 Å². The van der Waals surface area contributed by atoms with E-state index in [0.29, 0.717) is 28.2 Å². The van der Waals surface area contributed by atoms with Gasteiger partial charge < -0.3 is 4.74 Å². The van der Waals surface area contributed by atoms with E-state index in [1.807, 2.05) is 52.8 Å². The van der Waals surface area contributed by atoms with E-state index < -0.39 is 15.3 Å². The summed E-state index contributed by atoms with van der Waals surface area (Å²) in [6.07, 6.45) is 1.59. The van der Waals surface area contributed by atoms with Crippen LogP contribution in [-0.2, 0) is 9.84 Å². The minimum atomic E-state index is -3.04. The van der Waals surface area contributed by atoms with Gasteiger partial charge >= 0.3 is 5.69 Å². The molecule has 0 bridgehead atoms. The van der Waals surface area contributed by atoms with E-state index in [0.717, 1.165) is 0 Å². The van der Waals surface area contributed by atoms with Gasteiger partial charge in [-0.2, -0.15) is 0 Å². The van der Waals surface area contributed by atoms with E-state index in [9.17, 15) is 18.0 Å². The third-order valence-electron chi connectivity index (χ3n) is 5.73. The van der Waals surface area contributed by atoms with Crippen molar-refractivity contribution in [3.05, 3.63) is 52.6 Å². The first-order valence-corrected chi connectivity index (χ1v) is 12.8. The molecule has 8 nitrogen and oxygen atoms in total. The van der Waals surface area contributed by atoms with Crippen molar-refractivity contribution in [1.82, 2.24) is 14.1 Å². The largest absolute Gasteiger partial charge is 0.491 e. The first-order valence-electron chi connectivity index (χ1n) is 11.0. The van der Waals surface area contributed by atoms with Crippen LogP contribution in [0.2, 0.25) is 0 Å². The fourth-order valence-corrected chi connectivity index (χ4v) is 6.80. The van der Waals surface area contributed by atoms with E-state index in [1.54, 1.807) is 16.7 Å². The summed E-state index contributed by atoms with van der Waals surface area (Å²) < 4.78 is 32.1. The highest BCUT2D eigenvalue weighted by molar-refractivity contribution is 7.92. The van der Waals surface area contributed by atoms with Crippen LogP contribution in [0.5, 0.6) is 5.75 Å². The molecule has 4 rings (SSSR count). The molecule has 3 aromatic rings. The van der Waals surface area contributed by atoms with Crippen LogP contribution < -0.4 is 10.4 Å². The highest BCUT2D eigenvalue weighted by atomic mass is 32.2. The quantitative estimate of drug-likeness (QED) is 0.489. The van der Waals surface area contributed by atoms with Crippen LogP contribution in [0.15, 0.2) is 41.3 Å². The number of carbonyl (C=O) groups excluding carboxylic acids is 1. The summed E-state index contributed by atoms with van der Waals surface area (Å²) in [5.74, 6) is 0.506. The Kier molecular flexibility index (Phi) is 5.72. The molecule has 1 fully saturated rings. The fraction of sp³-hybridized carbons (Fsp3) is 0.458. The first-order chi connectivity index (χ1) is 15.4. The molecule has 1 aliphatic rings. The van der Waals surface area contributed by atoms with Crippen LogP contribution in [0, 0.1) is 5.41 Å². The Hall–Kier alpha value is -2.94. The Labute approximate surface area is 193 Å². The number of aromatic nitrogens is 3. The number of pyridine rings is 1. The van der Waals surface area contributed by atoms with Crippen molar-refractivity contribution < 1.29 is 17.9 Å². The summed E-state index contributed by atoms with van der Waals surface area (Å²) in [5.41, 5.74) is 1.20. The molecule has 0 saturated carbocycles. The summed E-state index contributed by atoms with van der Waals surface area (Å²) in [7, 11) is -3.04. The van der Waals surface area contributed by atoms with Crippen LogP contribution in [0.4, 0.5) is 0 Å². The zero-order valence-electron chi connectivity index (χ0n) is 19.5. The second-order valence-corrected chi connectivity index (χ2v) is 11.8. The van der Waals surface area contributed by atoms with Crippen LogP contribution >= 0.6 is 0 Å². The second kappa shape index (κ2) is 8.13. The lowest BCUT2D eigenvalue weighted by Gasteiger charge is -2.37. The van der Waals surface area contributed by atoms with Gasteiger partial charge in [0.15, 0.2) is 21.3 Å². The van der Waals surface area contributed by atoms with Crippen molar-refractivity contribution in [3.8, 4) is 11.4 Å². The Morgan fingerprint density at radius 1 is 1.18 bits per heavy atom. The smallest absolute Gasteiger partial charge is 0.335 e. The van der Waals surface area contributed by atoms with Crippen LogP contribution in [-0.4, -0.2) is 45.9 Å². The normalized spacial score (nSPS) is 16.8. The van der Waals surface area contributed by atoms with Gasteiger partial charge in [-0.15, -0.1) is 0 Å². The third-order valence-corrected chi connectivity index (χ3v) is 8.00. The predicted octanol–water partition coefficient (Wildman–Crippen LogP) is 3.56. The van der Waals surface area contributed by atoms with E-state index in [2.05, 4.69) is 4.98 Å². The van der Waals surface area contributed by atoms with E-state index in [1.165, 1.54) is 10.8 Å². The van der Waals surface area contributed by atoms with Gasteiger partial charge in [0.05, 0.1) is 28.8 Å². The molecule has 0 aliphatic carbocycles. The summed E-state index contributed by atoms with van der Waals surface area (Å²) >= 11 is 0. The standard InChI is InChI=1S/C24H29N3O5S/c1-15(2)26-20-9-17(21(28)11-24(5)13-33(30,31)14-24)12-25-22(20)27(23(26)29)18-7-6-8-19(10-18)32-16(3)4/h6-10,12,15-16H,11,13-14H2,1-5H3. The lowest BCUT2D eigenvalue weighted by molar-refractivity contribution is 0.0936. The molecule has 1 aromatic carbocycles. The van der Waals surface area contributed by atoms with Gasteiger partial charge in [0.25, 0.3) is 0 Å².